The fourth-order valence-corrected chi connectivity index (χ4v) is 6.14. The number of carbonyl (C=O) groups is 2. The number of ether oxygens (including phenoxy) is 1. The van der Waals surface area contributed by atoms with Gasteiger partial charge in [-0.3, -0.25) is 4.79 Å². The number of hydrogen-bond donors (Lipinski definition) is 1. The van der Waals surface area contributed by atoms with Crippen LogP contribution < -0.4 is 5.32 Å². The zero-order chi connectivity index (χ0) is 20.6. The average Bonchev–Trinajstić information content (AvgIpc) is 3.06. The molecule has 0 radical (unpaired) electrons. The van der Waals surface area contributed by atoms with Crippen LogP contribution in [0.1, 0.15) is 57.4 Å². The maximum Gasteiger partial charge on any atom is 0.407 e. The van der Waals surface area contributed by atoms with E-state index in [2.05, 4.69) is 17.1 Å². The highest BCUT2D eigenvalue weighted by Gasteiger charge is 2.55. The Morgan fingerprint density at radius 1 is 1.24 bits per heavy atom. The number of alkyl carbamates (subject to hydrolysis) is 1. The summed E-state index contributed by atoms with van der Waals surface area (Å²) in [7, 11) is 0. The molecule has 1 aliphatic carbocycles. The van der Waals surface area contributed by atoms with Crippen molar-refractivity contribution >= 4 is 35.2 Å². The molecule has 1 saturated carbocycles. The molecule has 0 unspecified atom stereocenters. The number of rotatable bonds is 3. The first kappa shape index (κ1) is 20.8. The van der Waals surface area contributed by atoms with Crippen LogP contribution in [0, 0.1) is 11.8 Å². The van der Waals surface area contributed by atoms with E-state index in [1.165, 1.54) is 0 Å². The Balaban J connectivity index is 1.38. The number of amides is 2. The summed E-state index contributed by atoms with van der Waals surface area (Å²) < 4.78 is 5.83. The van der Waals surface area contributed by atoms with E-state index in [0.717, 1.165) is 50.6 Å². The van der Waals surface area contributed by atoms with Gasteiger partial charge < -0.3 is 15.0 Å². The molecule has 4 atom stereocenters. The SMILES string of the molecule is C[C@H]1[C@@H](OC(=O)NCc2ccc(Cl)c(Cl)c2)CC[C@@]23CCCN2C(=O)CCC[C@@H]13. The lowest BCUT2D eigenvalue weighted by Gasteiger charge is -2.51. The molecule has 0 aromatic heterocycles. The van der Waals surface area contributed by atoms with Gasteiger partial charge in [0, 0.05) is 25.0 Å². The first-order valence-corrected chi connectivity index (χ1v) is 11.4. The van der Waals surface area contributed by atoms with Crippen LogP contribution in [0.15, 0.2) is 18.2 Å². The highest BCUT2D eigenvalue weighted by molar-refractivity contribution is 6.42. The Kier molecular flexibility index (Phi) is 5.99. The van der Waals surface area contributed by atoms with Crippen molar-refractivity contribution in [1.29, 1.82) is 0 Å². The Hall–Kier alpha value is -1.46. The second kappa shape index (κ2) is 8.35. The molecule has 1 spiro atoms. The molecule has 0 bridgehead atoms. The molecule has 1 aromatic carbocycles. The highest BCUT2D eigenvalue weighted by Crippen LogP contribution is 2.52. The minimum absolute atomic E-state index is 0.0105. The monoisotopic (exact) mass is 438 g/mol. The van der Waals surface area contributed by atoms with Crippen LogP contribution in [-0.4, -0.2) is 35.1 Å². The van der Waals surface area contributed by atoms with E-state index in [4.69, 9.17) is 27.9 Å². The quantitative estimate of drug-likeness (QED) is 0.706. The maximum absolute atomic E-state index is 12.6. The van der Waals surface area contributed by atoms with E-state index in [1.807, 2.05) is 6.07 Å². The fourth-order valence-electron chi connectivity index (χ4n) is 5.82. The van der Waals surface area contributed by atoms with Crippen LogP contribution in [0.4, 0.5) is 4.79 Å². The molecule has 2 heterocycles. The van der Waals surface area contributed by atoms with Crippen molar-refractivity contribution in [3.8, 4) is 0 Å². The summed E-state index contributed by atoms with van der Waals surface area (Å²) in [6, 6.07) is 5.29. The van der Waals surface area contributed by atoms with Crippen molar-refractivity contribution in [1.82, 2.24) is 10.2 Å². The van der Waals surface area contributed by atoms with Gasteiger partial charge in [-0.2, -0.15) is 0 Å². The summed E-state index contributed by atoms with van der Waals surface area (Å²) >= 11 is 12.0. The average molecular weight is 439 g/mol. The van der Waals surface area contributed by atoms with Gasteiger partial charge in [0.15, 0.2) is 0 Å². The van der Waals surface area contributed by atoms with Crippen molar-refractivity contribution in [2.75, 3.05) is 6.54 Å². The van der Waals surface area contributed by atoms with Crippen LogP contribution in [0.25, 0.3) is 0 Å². The summed E-state index contributed by atoms with van der Waals surface area (Å²) in [6.07, 6.45) is 6.01. The second-order valence-corrected chi connectivity index (χ2v) is 9.51. The van der Waals surface area contributed by atoms with Gasteiger partial charge in [0.25, 0.3) is 0 Å². The van der Waals surface area contributed by atoms with Crippen molar-refractivity contribution in [2.45, 2.75) is 70.1 Å². The minimum atomic E-state index is -0.406. The van der Waals surface area contributed by atoms with Gasteiger partial charge in [0.1, 0.15) is 6.10 Å². The van der Waals surface area contributed by atoms with Crippen molar-refractivity contribution < 1.29 is 14.3 Å². The molecule has 4 rings (SSSR count). The third kappa shape index (κ3) is 3.96. The zero-order valence-electron chi connectivity index (χ0n) is 16.8. The molecule has 3 aliphatic rings. The number of nitrogens with zero attached hydrogens (tertiary/aromatic N) is 1. The highest BCUT2D eigenvalue weighted by atomic mass is 35.5. The zero-order valence-corrected chi connectivity index (χ0v) is 18.3. The smallest absolute Gasteiger partial charge is 0.407 e. The molecule has 1 N–H and O–H groups in total. The second-order valence-electron chi connectivity index (χ2n) is 8.69. The predicted molar refractivity (Wildman–Crippen MR) is 113 cm³/mol. The molecule has 2 saturated heterocycles. The Morgan fingerprint density at radius 3 is 2.86 bits per heavy atom. The standard InChI is InChI=1S/C22H28Cl2N2O3/c1-14-16-4-2-5-20(27)26-11-3-9-22(16,26)10-8-19(14)29-21(28)25-13-15-6-7-17(23)18(24)12-15/h6-7,12,14,16,19H,2-5,8-11,13H2,1H3,(H,25,28)/t14-,16+,19+,22-/m1/s1. The van der Waals surface area contributed by atoms with Gasteiger partial charge in [0.2, 0.25) is 5.91 Å². The largest absolute Gasteiger partial charge is 0.446 e. The van der Waals surface area contributed by atoms with Gasteiger partial charge in [-0.15, -0.1) is 0 Å². The van der Waals surface area contributed by atoms with E-state index in [9.17, 15) is 9.59 Å². The molecule has 2 amide bonds. The van der Waals surface area contributed by atoms with Gasteiger partial charge in [-0.1, -0.05) is 36.2 Å². The van der Waals surface area contributed by atoms with Crippen LogP contribution in [0.5, 0.6) is 0 Å². The summed E-state index contributed by atoms with van der Waals surface area (Å²) in [5.41, 5.74) is 0.861. The van der Waals surface area contributed by atoms with Crippen LogP contribution >= 0.6 is 23.2 Å². The number of nitrogens with one attached hydrogen (secondary N) is 1. The normalized spacial score (nSPS) is 31.6. The third-order valence-electron chi connectivity index (χ3n) is 7.19. The Labute approximate surface area is 182 Å². The molecule has 5 nitrogen and oxygen atoms in total. The molecule has 29 heavy (non-hydrogen) atoms. The molecule has 158 valence electrons. The van der Waals surface area contributed by atoms with E-state index in [-0.39, 0.29) is 17.6 Å². The lowest BCUT2D eigenvalue weighted by Crippen LogP contribution is -2.58. The Bertz CT molecular complexity index is 802. The topological polar surface area (TPSA) is 58.6 Å². The number of hydrogen-bond acceptors (Lipinski definition) is 3. The minimum Gasteiger partial charge on any atom is -0.446 e. The van der Waals surface area contributed by atoms with E-state index < -0.39 is 6.09 Å². The van der Waals surface area contributed by atoms with E-state index in [1.54, 1.807) is 12.1 Å². The summed E-state index contributed by atoms with van der Waals surface area (Å²) in [6.45, 7) is 3.42. The predicted octanol–water partition coefficient (Wildman–Crippen LogP) is 5.18. The third-order valence-corrected chi connectivity index (χ3v) is 7.93. The lowest BCUT2D eigenvalue weighted by atomic mass is 9.64. The van der Waals surface area contributed by atoms with E-state index >= 15 is 0 Å². The van der Waals surface area contributed by atoms with Gasteiger partial charge in [0.05, 0.1) is 10.0 Å². The van der Waals surface area contributed by atoms with Crippen molar-refractivity contribution in [3.05, 3.63) is 33.8 Å². The first-order chi connectivity index (χ1) is 13.9. The summed E-state index contributed by atoms with van der Waals surface area (Å²) in [5.74, 6) is 0.958. The number of benzene rings is 1. The number of carbonyl (C=O) groups excluding carboxylic acids is 2. The number of halogens is 2. The van der Waals surface area contributed by atoms with Crippen LogP contribution in [0.3, 0.4) is 0 Å². The van der Waals surface area contributed by atoms with Gasteiger partial charge >= 0.3 is 6.09 Å². The molecular formula is C22H28Cl2N2O3. The lowest BCUT2D eigenvalue weighted by molar-refractivity contribution is -0.140. The molecular weight excluding hydrogens is 411 g/mol. The molecule has 2 aliphatic heterocycles. The Morgan fingerprint density at radius 2 is 2.07 bits per heavy atom. The van der Waals surface area contributed by atoms with Crippen molar-refractivity contribution in [3.63, 3.8) is 0 Å². The fraction of sp³-hybridized carbons (Fsp3) is 0.636. The van der Waals surface area contributed by atoms with Gasteiger partial charge in [-0.25, -0.2) is 4.79 Å². The summed E-state index contributed by atoms with van der Waals surface area (Å²) in [4.78, 5) is 27.2. The van der Waals surface area contributed by atoms with Crippen LogP contribution in [-0.2, 0) is 16.1 Å². The first-order valence-electron chi connectivity index (χ1n) is 10.6. The van der Waals surface area contributed by atoms with E-state index in [0.29, 0.717) is 34.8 Å². The maximum atomic E-state index is 12.6. The van der Waals surface area contributed by atoms with Gasteiger partial charge in [-0.05, 0) is 68.1 Å². The van der Waals surface area contributed by atoms with Crippen molar-refractivity contribution in [2.24, 2.45) is 11.8 Å². The molecule has 3 fully saturated rings. The molecule has 1 aromatic rings. The summed E-state index contributed by atoms with van der Waals surface area (Å²) in [5, 5.41) is 3.78. The molecule has 7 heteroatoms. The van der Waals surface area contributed by atoms with Crippen LogP contribution in [0.2, 0.25) is 10.0 Å².